The number of nitrogens with two attached hydrogens (primary N) is 1. The summed E-state index contributed by atoms with van der Waals surface area (Å²) in [6.07, 6.45) is 0. The quantitative estimate of drug-likeness (QED) is 0.747. The van der Waals surface area contributed by atoms with E-state index in [-0.39, 0.29) is 0 Å². The predicted molar refractivity (Wildman–Crippen MR) is 54.7 cm³/mol. The molecular weight excluding hydrogens is 162 g/mol. The Labute approximate surface area is 79.7 Å². The van der Waals surface area contributed by atoms with Crippen LogP contribution in [-0.2, 0) is 4.74 Å². The molecule has 0 aliphatic rings. The molecule has 0 radical (unpaired) electrons. The molecule has 0 aliphatic heterocycles. The van der Waals surface area contributed by atoms with Crippen molar-refractivity contribution in [3.05, 3.63) is 35.9 Å². The van der Waals surface area contributed by atoms with Gasteiger partial charge in [0.1, 0.15) is 0 Å². The van der Waals surface area contributed by atoms with Gasteiger partial charge in [0.25, 0.3) is 0 Å². The number of hydrogen-bond acceptors (Lipinski definition) is 2. The van der Waals surface area contributed by atoms with E-state index in [4.69, 9.17) is 10.5 Å². The molecule has 2 nitrogen and oxygen atoms in total. The second-order valence-corrected chi connectivity index (χ2v) is 3.00. The second kappa shape index (κ2) is 5.73. The molecule has 0 fully saturated rings. The molecule has 1 aromatic carbocycles. The molecule has 13 heavy (non-hydrogen) atoms. The molecule has 2 N–H and O–H groups in total. The van der Waals surface area contributed by atoms with Gasteiger partial charge in [-0.1, -0.05) is 30.3 Å². The highest BCUT2D eigenvalue weighted by molar-refractivity contribution is 5.19. The lowest BCUT2D eigenvalue weighted by atomic mass is 10.0. The lowest BCUT2D eigenvalue weighted by Crippen LogP contribution is -2.17. The van der Waals surface area contributed by atoms with Crippen molar-refractivity contribution in [1.82, 2.24) is 0 Å². The Bertz CT molecular complexity index is 223. The lowest BCUT2D eigenvalue weighted by molar-refractivity contribution is 0.134. The monoisotopic (exact) mass is 179 g/mol. The van der Waals surface area contributed by atoms with E-state index in [0.717, 1.165) is 13.2 Å². The minimum absolute atomic E-state index is 0.334. The van der Waals surface area contributed by atoms with E-state index >= 15 is 0 Å². The maximum atomic E-state index is 5.67. The summed E-state index contributed by atoms with van der Waals surface area (Å²) < 4.78 is 5.36. The highest BCUT2D eigenvalue weighted by Crippen LogP contribution is 2.13. The van der Waals surface area contributed by atoms with Crippen molar-refractivity contribution >= 4 is 0 Å². The van der Waals surface area contributed by atoms with Crippen LogP contribution in [0, 0.1) is 0 Å². The van der Waals surface area contributed by atoms with E-state index in [1.54, 1.807) is 0 Å². The summed E-state index contributed by atoms with van der Waals surface area (Å²) in [5, 5.41) is 0. The van der Waals surface area contributed by atoms with Gasteiger partial charge in [0.15, 0.2) is 0 Å². The van der Waals surface area contributed by atoms with Crippen LogP contribution in [0.5, 0.6) is 0 Å². The first-order chi connectivity index (χ1) is 6.38. The van der Waals surface area contributed by atoms with Gasteiger partial charge in [-0.15, -0.1) is 0 Å². The van der Waals surface area contributed by atoms with Crippen molar-refractivity contribution in [3.63, 3.8) is 0 Å². The van der Waals surface area contributed by atoms with Crippen LogP contribution >= 0.6 is 0 Å². The molecular formula is C11H17NO. The van der Waals surface area contributed by atoms with Gasteiger partial charge in [0.2, 0.25) is 0 Å². The molecule has 1 unspecified atom stereocenters. The summed E-state index contributed by atoms with van der Waals surface area (Å²) in [5.74, 6) is 0.334. The highest BCUT2D eigenvalue weighted by Gasteiger charge is 2.07. The first kappa shape index (κ1) is 10.2. The Kier molecular flexibility index (Phi) is 4.50. The van der Waals surface area contributed by atoms with Crippen LogP contribution in [0.4, 0.5) is 0 Å². The van der Waals surface area contributed by atoms with Crippen molar-refractivity contribution < 1.29 is 4.74 Å². The Hall–Kier alpha value is -0.860. The van der Waals surface area contributed by atoms with Gasteiger partial charge in [-0.05, 0) is 12.5 Å². The maximum absolute atomic E-state index is 5.67. The molecule has 0 amide bonds. The van der Waals surface area contributed by atoms with Crippen molar-refractivity contribution in [2.45, 2.75) is 12.8 Å². The Morgan fingerprint density at radius 1 is 1.31 bits per heavy atom. The molecule has 1 atom stereocenters. The van der Waals surface area contributed by atoms with E-state index in [1.165, 1.54) is 5.56 Å². The molecule has 0 aromatic heterocycles. The highest BCUT2D eigenvalue weighted by atomic mass is 16.5. The summed E-state index contributed by atoms with van der Waals surface area (Å²) in [4.78, 5) is 0. The van der Waals surface area contributed by atoms with Crippen LogP contribution in [0.15, 0.2) is 30.3 Å². The van der Waals surface area contributed by atoms with Gasteiger partial charge in [-0.25, -0.2) is 0 Å². The maximum Gasteiger partial charge on any atom is 0.0546 e. The summed E-state index contributed by atoms with van der Waals surface area (Å²) in [6, 6.07) is 10.3. The van der Waals surface area contributed by atoms with Gasteiger partial charge in [0.05, 0.1) is 6.61 Å². The second-order valence-electron chi connectivity index (χ2n) is 3.00. The van der Waals surface area contributed by atoms with Crippen LogP contribution in [0.25, 0.3) is 0 Å². The number of ether oxygens (including phenoxy) is 1. The molecule has 0 saturated carbocycles. The smallest absolute Gasteiger partial charge is 0.0546 e. The van der Waals surface area contributed by atoms with Gasteiger partial charge in [-0.2, -0.15) is 0 Å². The van der Waals surface area contributed by atoms with Crippen LogP contribution < -0.4 is 5.73 Å². The van der Waals surface area contributed by atoms with Crippen molar-refractivity contribution in [1.29, 1.82) is 0 Å². The van der Waals surface area contributed by atoms with E-state index in [0.29, 0.717) is 12.5 Å². The minimum Gasteiger partial charge on any atom is -0.381 e. The molecule has 2 heteroatoms. The third-order valence-electron chi connectivity index (χ3n) is 2.08. The molecule has 72 valence electrons. The van der Waals surface area contributed by atoms with Crippen molar-refractivity contribution in [2.24, 2.45) is 5.73 Å². The fourth-order valence-electron chi connectivity index (χ4n) is 1.29. The zero-order valence-corrected chi connectivity index (χ0v) is 8.07. The van der Waals surface area contributed by atoms with Gasteiger partial charge in [-0.3, -0.25) is 0 Å². The SMILES string of the molecule is CCOCC(CN)c1ccccc1. The van der Waals surface area contributed by atoms with Crippen LogP contribution in [-0.4, -0.2) is 19.8 Å². The summed E-state index contributed by atoms with van der Waals surface area (Å²) in [7, 11) is 0. The Morgan fingerprint density at radius 2 is 2.00 bits per heavy atom. The van der Waals surface area contributed by atoms with Crippen LogP contribution in [0.1, 0.15) is 18.4 Å². The zero-order valence-electron chi connectivity index (χ0n) is 8.07. The fourth-order valence-corrected chi connectivity index (χ4v) is 1.29. The molecule has 1 aromatic rings. The van der Waals surface area contributed by atoms with E-state index in [2.05, 4.69) is 12.1 Å². The Morgan fingerprint density at radius 3 is 2.54 bits per heavy atom. The van der Waals surface area contributed by atoms with Gasteiger partial charge < -0.3 is 10.5 Å². The number of benzene rings is 1. The Balaban J connectivity index is 2.56. The van der Waals surface area contributed by atoms with Gasteiger partial charge >= 0.3 is 0 Å². The first-order valence-electron chi connectivity index (χ1n) is 4.71. The number of hydrogen-bond donors (Lipinski definition) is 1. The third kappa shape index (κ3) is 3.17. The molecule has 0 aliphatic carbocycles. The van der Waals surface area contributed by atoms with Crippen LogP contribution in [0.3, 0.4) is 0 Å². The average Bonchev–Trinajstić information content (AvgIpc) is 2.21. The van der Waals surface area contributed by atoms with E-state index in [1.807, 2.05) is 25.1 Å². The fraction of sp³-hybridized carbons (Fsp3) is 0.455. The summed E-state index contributed by atoms with van der Waals surface area (Å²) in [5.41, 5.74) is 6.93. The predicted octanol–water partition coefficient (Wildman–Crippen LogP) is 1.77. The molecule has 0 heterocycles. The average molecular weight is 179 g/mol. The normalized spacial score (nSPS) is 12.8. The molecule has 0 spiro atoms. The lowest BCUT2D eigenvalue weighted by Gasteiger charge is -2.14. The van der Waals surface area contributed by atoms with Crippen molar-refractivity contribution in [2.75, 3.05) is 19.8 Å². The first-order valence-corrected chi connectivity index (χ1v) is 4.71. The van der Waals surface area contributed by atoms with Crippen LogP contribution in [0.2, 0.25) is 0 Å². The molecule has 1 rings (SSSR count). The van der Waals surface area contributed by atoms with E-state index in [9.17, 15) is 0 Å². The van der Waals surface area contributed by atoms with Gasteiger partial charge in [0, 0.05) is 19.1 Å². The number of rotatable bonds is 5. The minimum atomic E-state index is 0.334. The summed E-state index contributed by atoms with van der Waals surface area (Å²) >= 11 is 0. The largest absolute Gasteiger partial charge is 0.381 e. The molecule has 0 saturated heterocycles. The third-order valence-corrected chi connectivity index (χ3v) is 2.08. The molecule has 0 bridgehead atoms. The topological polar surface area (TPSA) is 35.2 Å². The summed E-state index contributed by atoms with van der Waals surface area (Å²) in [6.45, 7) is 4.11. The standard InChI is InChI=1S/C11H17NO/c1-2-13-9-11(8-12)10-6-4-3-5-7-10/h3-7,11H,2,8-9,12H2,1H3. The van der Waals surface area contributed by atoms with Crippen molar-refractivity contribution in [3.8, 4) is 0 Å². The van der Waals surface area contributed by atoms with E-state index < -0.39 is 0 Å². The zero-order chi connectivity index (χ0) is 9.52.